The molecule has 2 heterocycles. The summed E-state index contributed by atoms with van der Waals surface area (Å²) in [6, 6.07) is -0.0628. The number of carboxylic acid groups (broad SMARTS) is 1. The van der Waals surface area contributed by atoms with Crippen LogP contribution in [0.25, 0.3) is 0 Å². The van der Waals surface area contributed by atoms with Crippen molar-refractivity contribution in [3.05, 3.63) is 0 Å². The molecule has 82 valence electrons. The van der Waals surface area contributed by atoms with Crippen LogP contribution >= 0.6 is 0 Å². The Labute approximate surface area is 86.7 Å². The number of hydrogen-bond acceptors (Lipinski definition) is 5. The minimum absolute atomic E-state index is 0.0628. The van der Waals surface area contributed by atoms with Gasteiger partial charge in [-0.05, 0) is 23.8 Å². The van der Waals surface area contributed by atoms with Crippen LogP contribution in [0.15, 0.2) is 0 Å². The fraction of sp³-hybridized carbons (Fsp3) is 0.750. The highest BCUT2D eigenvalue weighted by atomic mass is 16.4. The van der Waals surface area contributed by atoms with Crippen molar-refractivity contribution in [3.63, 3.8) is 0 Å². The van der Waals surface area contributed by atoms with E-state index in [1.54, 1.807) is 11.7 Å². The first kappa shape index (κ1) is 9.88. The number of tetrazole rings is 1. The first-order valence-corrected chi connectivity index (χ1v) is 4.83. The van der Waals surface area contributed by atoms with Crippen molar-refractivity contribution in [1.82, 2.24) is 20.2 Å². The summed E-state index contributed by atoms with van der Waals surface area (Å²) in [6.45, 7) is 2.58. The molecular formula is C8H13N5O2. The molecule has 0 spiro atoms. The van der Waals surface area contributed by atoms with E-state index in [0.29, 0.717) is 18.9 Å². The van der Waals surface area contributed by atoms with E-state index in [9.17, 15) is 4.79 Å². The third-order valence-corrected chi connectivity index (χ3v) is 2.93. The van der Waals surface area contributed by atoms with Gasteiger partial charge in [-0.1, -0.05) is 5.10 Å². The predicted molar refractivity (Wildman–Crippen MR) is 51.3 cm³/mol. The molecule has 0 aliphatic carbocycles. The monoisotopic (exact) mass is 211 g/mol. The van der Waals surface area contributed by atoms with Gasteiger partial charge in [-0.25, -0.2) is 4.68 Å². The van der Waals surface area contributed by atoms with Crippen molar-refractivity contribution in [3.8, 4) is 0 Å². The highest BCUT2D eigenvalue weighted by Gasteiger charge is 2.37. The van der Waals surface area contributed by atoms with Crippen LogP contribution in [-0.2, 0) is 11.8 Å². The Bertz CT molecular complexity index is 377. The number of carbonyl (C=O) groups is 1. The zero-order chi connectivity index (χ0) is 11.0. The van der Waals surface area contributed by atoms with Crippen LogP contribution in [0.3, 0.4) is 0 Å². The molecule has 1 aliphatic rings. The maximum Gasteiger partial charge on any atom is 0.308 e. The summed E-state index contributed by atoms with van der Waals surface area (Å²) in [5, 5.41) is 20.1. The summed E-state index contributed by atoms with van der Waals surface area (Å²) in [7, 11) is 1.75. The van der Waals surface area contributed by atoms with Gasteiger partial charge in [0.05, 0.1) is 5.92 Å². The Morgan fingerprint density at radius 3 is 2.80 bits per heavy atom. The second-order valence-electron chi connectivity index (χ2n) is 3.77. The van der Waals surface area contributed by atoms with Crippen LogP contribution < -0.4 is 4.90 Å². The molecule has 0 saturated carbocycles. The molecule has 7 nitrogen and oxygen atoms in total. The molecular weight excluding hydrogens is 198 g/mol. The lowest BCUT2D eigenvalue weighted by Crippen LogP contribution is -2.34. The summed E-state index contributed by atoms with van der Waals surface area (Å²) in [6.07, 6.45) is 0.642. The van der Waals surface area contributed by atoms with Crippen LogP contribution in [0.1, 0.15) is 13.3 Å². The van der Waals surface area contributed by atoms with Crippen molar-refractivity contribution in [2.45, 2.75) is 19.4 Å². The van der Waals surface area contributed by atoms with Crippen molar-refractivity contribution >= 4 is 11.9 Å². The summed E-state index contributed by atoms with van der Waals surface area (Å²) in [4.78, 5) is 12.9. The van der Waals surface area contributed by atoms with E-state index < -0.39 is 5.97 Å². The van der Waals surface area contributed by atoms with Crippen molar-refractivity contribution in [1.29, 1.82) is 0 Å². The molecule has 2 rings (SSSR count). The fourth-order valence-corrected chi connectivity index (χ4v) is 2.02. The third-order valence-electron chi connectivity index (χ3n) is 2.93. The Kier molecular flexibility index (Phi) is 2.29. The van der Waals surface area contributed by atoms with E-state index in [1.165, 1.54) is 0 Å². The van der Waals surface area contributed by atoms with Gasteiger partial charge in [0.25, 0.3) is 0 Å². The van der Waals surface area contributed by atoms with E-state index in [4.69, 9.17) is 5.11 Å². The molecule has 7 heteroatoms. The first-order valence-electron chi connectivity index (χ1n) is 4.83. The van der Waals surface area contributed by atoms with Crippen LogP contribution in [0.4, 0.5) is 5.95 Å². The zero-order valence-corrected chi connectivity index (χ0v) is 8.66. The lowest BCUT2D eigenvalue weighted by Gasteiger charge is -2.22. The Balaban J connectivity index is 2.21. The molecule has 0 amide bonds. The number of nitrogens with zero attached hydrogens (tertiary/aromatic N) is 5. The maximum absolute atomic E-state index is 10.9. The van der Waals surface area contributed by atoms with Gasteiger partial charge in [-0.3, -0.25) is 4.79 Å². The second kappa shape index (κ2) is 3.48. The summed E-state index contributed by atoms with van der Waals surface area (Å²) < 4.78 is 1.56. The van der Waals surface area contributed by atoms with E-state index in [-0.39, 0.29) is 12.0 Å². The number of hydrogen-bond donors (Lipinski definition) is 1. The Morgan fingerprint density at radius 2 is 2.33 bits per heavy atom. The number of rotatable bonds is 2. The first-order chi connectivity index (χ1) is 7.11. The van der Waals surface area contributed by atoms with Gasteiger partial charge in [-0.15, -0.1) is 0 Å². The van der Waals surface area contributed by atoms with E-state index in [2.05, 4.69) is 15.5 Å². The average molecular weight is 211 g/mol. The second-order valence-corrected chi connectivity index (χ2v) is 3.77. The smallest absolute Gasteiger partial charge is 0.308 e. The predicted octanol–water partition coefficient (Wildman–Crippen LogP) is -0.491. The van der Waals surface area contributed by atoms with E-state index in [1.807, 2.05) is 11.8 Å². The normalized spacial score (nSPS) is 25.9. The number of anilines is 1. The standard InChI is InChI=1S/C8H13N5O2/c1-5-6(7(14)15)3-4-13(5)8-9-10-11-12(8)2/h5-6H,3-4H2,1-2H3,(H,14,15). The van der Waals surface area contributed by atoms with Gasteiger partial charge in [0.15, 0.2) is 0 Å². The average Bonchev–Trinajstić information content (AvgIpc) is 2.71. The van der Waals surface area contributed by atoms with Gasteiger partial charge < -0.3 is 10.0 Å². The maximum atomic E-state index is 10.9. The van der Waals surface area contributed by atoms with Crippen LogP contribution in [0.2, 0.25) is 0 Å². The van der Waals surface area contributed by atoms with Gasteiger partial charge >= 0.3 is 5.97 Å². The molecule has 0 radical (unpaired) electrons. The number of carboxylic acids is 1. The molecule has 1 fully saturated rings. The lowest BCUT2D eigenvalue weighted by atomic mass is 10.0. The molecule has 15 heavy (non-hydrogen) atoms. The summed E-state index contributed by atoms with van der Waals surface area (Å²) in [5.74, 6) is -0.451. The van der Waals surface area contributed by atoms with Crippen LogP contribution in [0.5, 0.6) is 0 Å². The minimum Gasteiger partial charge on any atom is -0.481 e. The quantitative estimate of drug-likeness (QED) is 0.710. The van der Waals surface area contributed by atoms with Gasteiger partial charge in [0.1, 0.15) is 0 Å². The largest absolute Gasteiger partial charge is 0.481 e. The molecule has 1 N–H and O–H groups in total. The molecule has 0 aromatic carbocycles. The molecule has 1 aliphatic heterocycles. The molecule has 2 atom stereocenters. The molecule has 2 unspecified atom stereocenters. The Morgan fingerprint density at radius 1 is 1.60 bits per heavy atom. The van der Waals surface area contributed by atoms with Crippen molar-refractivity contribution in [2.24, 2.45) is 13.0 Å². The third kappa shape index (κ3) is 1.53. The molecule has 1 saturated heterocycles. The van der Waals surface area contributed by atoms with Gasteiger partial charge in [-0.2, -0.15) is 0 Å². The lowest BCUT2D eigenvalue weighted by molar-refractivity contribution is -0.141. The van der Waals surface area contributed by atoms with Crippen LogP contribution in [0, 0.1) is 5.92 Å². The Hall–Kier alpha value is -1.66. The molecule has 0 bridgehead atoms. The number of aliphatic carboxylic acids is 1. The van der Waals surface area contributed by atoms with E-state index in [0.717, 1.165) is 0 Å². The number of aryl methyl sites for hydroxylation is 1. The van der Waals surface area contributed by atoms with Gasteiger partial charge in [0.2, 0.25) is 5.95 Å². The molecule has 1 aromatic rings. The van der Waals surface area contributed by atoms with Crippen molar-refractivity contribution < 1.29 is 9.90 Å². The zero-order valence-electron chi connectivity index (χ0n) is 8.66. The summed E-state index contributed by atoms with van der Waals surface area (Å²) in [5.41, 5.74) is 0. The topological polar surface area (TPSA) is 84.1 Å². The highest BCUT2D eigenvalue weighted by molar-refractivity contribution is 5.72. The summed E-state index contributed by atoms with van der Waals surface area (Å²) >= 11 is 0. The van der Waals surface area contributed by atoms with Crippen LogP contribution in [-0.4, -0.2) is 43.9 Å². The van der Waals surface area contributed by atoms with Crippen molar-refractivity contribution in [2.75, 3.05) is 11.4 Å². The number of aromatic nitrogens is 4. The SMILES string of the molecule is CC1C(C(=O)O)CCN1c1nnnn1C. The van der Waals surface area contributed by atoms with Gasteiger partial charge in [0, 0.05) is 19.6 Å². The highest BCUT2D eigenvalue weighted by Crippen LogP contribution is 2.27. The fourth-order valence-electron chi connectivity index (χ4n) is 2.02. The minimum atomic E-state index is -0.750. The molecule has 1 aromatic heterocycles. The van der Waals surface area contributed by atoms with E-state index >= 15 is 0 Å².